The summed E-state index contributed by atoms with van der Waals surface area (Å²) in [5.74, 6) is -0.163. The van der Waals surface area contributed by atoms with Crippen LogP contribution in [0.2, 0.25) is 0 Å². The molecular formula is C14H10FN3O2S. The minimum absolute atomic E-state index is 0.157. The van der Waals surface area contributed by atoms with E-state index >= 15 is 0 Å². The molecule has 21 heavy (non-hydrogen) atoms. The van der Waals surface area contributed by atoms with E-state index < -0.39 is 10.0 Å². The number of hydrazone groups is 1. The highest BCUT2D eigenvalue weighted by molar-refractivity contribution is 7.90. The number of amidine groups is 1. The van der Waals surface area contributed by atoms with Crippen molar-refractivity contribution in [1.29, 1.82) is 0 Å². The van der Waals surface area contributed by atoms with E-state index in [2.05, 4.69) is 14.9 Å². The molecule has 0 atom stereocenters. The largest absolute Gasteiger partial charge is 0.285 e. The molecule has 0 aromatic heterocycles. The Labute approximate surface area is 120 Å². The van der Waals surface area contributed by atoms with Gasteiger partial charge < -0.3 is 0 Å². The summed E-state index contributed by atoms with van der Waals surface area (Å²) in [5, 5.41) is 3.93. The van der Waals surface area contributed by atoms with Crippen LogP contribution in [0.15, 0.2) is 62.9 Å². The molecule has 5 nitrogen and oxygen atoms in total. The van der Waals surface area contributed by atoms with Crippen molar-refractivity contribution in [2.24, 2.45) is 9.50 Å². The van der Waals surface area contributed by atoms with Crippen LogP contribution in [0.3, 0.4) is 0 Å². The Hall–Kier alpha value is -2.54. The Morgan fingerprint density at radius 3 is 2.57 bits per heavy atom. The van der Waals surface area contributed by atoms with Crippen molar-refractivity contribution in [3.05, 3.63) is 65.5 Å². The van der Waals surface area contributed by atoms with Gasteiger partial charge in [0.15, 0.2) is 5.84 Å². The molecule has 0 bridgehead atoms. The second kappa shape index (κ2) is 5.10. The van der Waals surface area contributed by atoms with E-state index in [0.717, 1.165) is 0 Å². The molecule has 2 aromatic rings. The lowest BCUT2D eigenvalue weighted by Gasteiger charge is -2.00. The molecule has 1 aliphatic heterocycles. The molecule has 1 heterocycles. The predicted octanol–water partition coefficient (Wildman–Crippen LogP) is 1.90. The molecule has 0 aliphatic carbocycles. The Balaban J connectivity index is 1.82. The van der Waals surface area contributed by atoms with E-state index in [0.29, 0.717) is 11.1 Å². The number of nitrogens with one attached hydrogen (secondary N) is 1. The minimum Gasteiger partial charge on any atom is -0.260 e. The van der Waals surface area contributed by atoms with Crippen molar-refractivity contribution < 1.29 is 12.8 Å². The highest BCUT2D eigenvalue weighted by Crippen LogP contribution is 2.24. The van der Waals surface area contributed by atoms with Gasteiger partial charge in [0.2, 0.25) is 0 Å². The lowest BCUT2D eigenvalue weighted by atomic mass is 10.2. The van der Waals surface area contributed by atoms with Crippen LogP contribution in [0.25, 0.3) is 0 Å². The van der Waals surface area contributed by atoms with Crippen LogP contribution in [0, 0.1) is 5.82 Å². The number of sulfonamides is 1. The van der Waals surface area contributed by atoms with E-state index in [9.17, 15) is 12.8 Å². The first-order valence-corrected chi connectivity index (χ1v) is 7.49. The van der Waals surface area contributed by atoms with Gasteiger partial charge in [0, 0.05) is 5.56 Å². The standard InChI is InChI=1S/C14H10FN3O2S/c15-11-7-5-10(6-8-11)9-16-17-14-12-3-1-2-4-13(12)21(19,20)18-14/h1-9H,(H,17,18). The summed E-state index contributed by atoms with van der Waals surface area (Å²) < 4.78 is 40.0. The van der Waals surface area contributed by atoms with Crippen LogP contribution in [0.1, 0.15) is 11.1 Å². The van der Waals surface area contributed by atoms with Gasteiger partial charge in [0.25, 0.3) is 10.0 Å². The van der Waals surface area contributed by atoms with Crippen LogP contribution in [-0.4, -0.2) is 20.5 Å². The lowest BCUT2D eigenvalue weighted by molar-refractivity contribution is 0.599. The summed E-state index contributed by atoms with van der Waals surface area (Å²) in [5.41, 5.74) is 3.76. The van der Waals surface area contributed by atoms with Crippen molar-refractivity contribution >= 4 is 22.1 Å². The molecular weight excluding hydrogens is 293 g/mol. The molecule has 0 unspecified atom stereocenters. The second-order valence-electron chi connectivity index (χ2n) is 4.33. The average Bonchev–Trinajstić information content (AvgIpc) is 2.73. The number of benzene rings is 2. The molecule has 0 radical (unpaired) electrons. The maximum Gasteiger partial charge on any atom is 0.285 e. The molecule has 0 amide bonds. The van der Waals surface area contributed by atoms with E-state index in [1.807, 2.05) is 0 Å². The maximum atomic E-state index is 12.8. The highest BCUT2D eigenvalue weighted by Gasteiger charge is 2.28. The normalized spacial score (nSPS) is 15.8. The van der Waals surface area contributed by atoms with Crippen LogP contribution in [-0.2, 0) is 10.0 Å². The lowest BCUT2D eigenvalue weighted by Crippen LogP contribution is -2.17. The highest BCUT2D eigenvalue weighted by atomic mass is 32.2. The average molecular weight is 303 g/mol. The minimum atomic E-state index is -3.65. The van der Waals surface area contributed by atoms with Gasteiger partial charge >= 0.3 is 0 Å². The monoisotopic (exact) mass is 303 g/mol. The third-order valence-corrected chi connectivity index (χ3v) is 4.22. The Morgan fingerprint density at radius 1 is 1.10 bits per heavy atom. The van der Waals surface area contributed by atoms with E-state index in [1.54, 1.807) is 30.3 Å². The molecule has 0 saturated carbocycles. The molecule has 1 N–H and O–H groups in total. The molecule has 3 rings (SSSR count). The second-order valence-corrected chi connectivity index (χ2v) is 5.91. The molecule has 1 aliphatic rings. The van der Waals surface area contributed by atoms with Crippen molar-refractivity contribution in [3.63, 3.8) is 0 Å². The summed E-state index contributed by atoms with van der Waals surface area (Å²) in [6.45, 7) is 0. The Morgan fingerprint density at radius 2 is 1.81 bits per heavy atom. The molecule has 106 valence electrons. The van der Waals surface area contributed by atoms with Gasteiger partial charge in [-0.05, 0) is 29.8 Å². The first kappa shape index (κ1) is 13.4. The fourth-order valence-electron chi connectivity index (χ4n) is 1.90. The molecule has 0 saturated heterocycles. The number of hydrogen-bond donors (Lipinski definition) is 1. The van der Waals surface area contributed by atoms with Gasteiger partial charge in [-0.3, -0.25) is 5.43 Å². The number of halogens is 1. The number of rotatable bonds is 2. The third-order valence-electron chi connectivity index (χ3n) is 2.89. The topological polar surface area (TPSA) is 70.9 Å². The number of hydrogen-bond acceptors (Lipinski definition) is 4. The smallest absolute Gasteiger partial charge is 0.260 e. The van der Waals surface area contributed by atoms with Gasteiger partial charge in [0.05, 0.1) is 6.21 Å². The van der Waals surface area contributed by atoms with E-state index in [-0.39, 0.29) is 16.5 Å². The number of nitrogens with zero attached hydrogens (tertiary/aromatic N) is 2. The van der Waals surface area contributed by atoms with E-state index in [4.69, 9.17) is 0 Å². The van der Waals surface area contributed by atoms with Gasteiger partial charge in [-0.25, -0.2) is 4.39 Å². The summed E-state index contributed by atoms with van der Waals surface area (Å²) in [6.07, 6.45) is 1.45. The Kier molecular flexibility index (Phi) is 3.26. The molecule has 7 heteroatoms. The van der Waals surface area contributed by atoms with Crippen LogP contribution < -0.4 is 5.43 Å². The van der Waals surface area contributed by atoms with Crippen LogP contribution in [0.5, 0.6) is 0 Å². The molecule has 0 spiro atoms. The van der Waals surface area contributed by atoms with Gasteiger partial charge in [-0.2, -0.15) is 13.5 Å². The number of fused-ring (bicyclic) bond motifs is 1. The molecule has 2 aromatic carbocycles. The first-order valence-electron chi connectivity index (χ1n) is 6.05. The third kappa shape index (κ3) is 2.68. The zero-order valence-electron chi connectivity index (χ0n) is 10.7. The first-order chi connectivity index (χ1) is 10.1. The van der Waals surface area contributed by atoms with Crippen molar-refractivity contribution in [1.82, 2.24) is 5.43 Å². The SMILES string of the molecule is O=S1(=O)N=C(NN=Cc2ccc(F)cc2)c2ccccc21. The van der Waals surface area contributed by atoms with Crippen molar-refractivity contribution in [2.75, 3.05) is 0 Å². The summed E-state index contributed by atoms with van der Waals surface area (Å²) >= 11 is 0. The summed E-state index contributed by atoms with van der Waals surface area (Å²) in [4.78, 5) is 0.157. The fourth-order valence-corrected chi connectivity index (χ4v) is 3.07. The fraction of sp³-hybridized carbons (Fsp3) is 0. The zero-order chi connectivity index (χ0) is 14.9. The van der Waals surface area contributed by atoms with Crippen molar-refractivity contribution in [3.8, 4) is 0 Å². The summed E-state index contributed by atoms with van der Waals surface area (Å²) in [6, 6.07) is 12.2. The predicted molar refractivity (Wildman–Crippen MR) is 77.3 cm³/mol. The van der Waals surface area contributed by atoms with Crippen LogP contribution in [0.4, 0.5) is 4.39 Å². The maximum absolute atomic E-state index is 12.8. The Bertz CT molecular complexity index is 843. The van der Waals surface area contributed by atoms with Gasteiger partial charge in [0.1, 0.15) is 10.7 Å². The van der Waals surface area contributed by atoms with Crippen molar-refractivity contribution in [2.45, 2.75) is 4.90 Å². The van der Waals surface area contributed by atoms with Gasteiger partial charge in [-0.1, -0.05) is 24.3 Å². The zero-order valence-corrected chi connectivity index (χ0v) is 11.5. The molecule has 0 fully saturated rings. The quantitative estimate of drug-likeness (QED) is 0.680. The summed E-state index contributed by atoms with van der Waals surface area (Å²) in [7, 11) is -3.65. The van der Waals surface area contributed by atoms with Gasteiger partial charge in [-0.15, -0.1) is 4.40 Å². The van der Waals surface area contributed by atoms with E-state index in [1.165, 1.54) is 24.4 Å². The van der Waals surface area contributed by atoms with Crippen LogP contribution >= 0.6 is 0 Å².